The highest BCUT2D eigenvalue weighted by Crippen LogP contribution is 2.11. The smallest absolute Gasteiger partial charge is 0.267 e. The summed E-state index contributed by atoms with van der Waals surface area (Å²) in [5, 5.41) is 3.86. The fourth-order valence-corrected chi connectivity index (χ4v) is 1.64. The first-order valence-corrected chi connectivity index (χ1v) is 5.59. The van der Waals surface area contributed by atoms with Gasteiger partial charge < -0.3 is 5.73 Å². The third-order valence-corrected chi connectivity index (χ3v) is 2.67. The maximum absolute atomic E-state index is 13.6. The Labute approximate surface area is 108 Å². The molecular formula is C12H10FN3OS. The van der Waals surface area contributed by atoms with Crippen LogP contribution in [0.3, 0.4) is 0 Å². The van der Waals surface area contributed by atoms with Crippen molar-refractivity contribution in [3.05, 3.63) is 63.8 Å². The Hall–Kier alpha value is -2.08. The minimum absolute atomic E-state index is 0.0436. The van der Waals surface area contributed by atoms with Crippen LogP contribution in [0.2, 0.25) is 0 Å². The van der Waals surface area contributed by atoms with Crippen molar-refractivity contribution in [1.29, 1.82) is 0 Å². The van der Waals surface area contributed by atoms with Crippen molar-refractivity contribution in [2.24, 2.45) is 5.73 Å². The summed E-state index contributed by atoms with van der Waals surface area (Å²) in [6.07, 6.45) is 1.47. The van der Waals surface area contributed by atoms with Gasteiger partial charge in [0.05, 0.1) is 6.54 Å². The number of halogens is 1. The summed E-state index contributed by atoms with van der Waals surface area (Å²) in [5.74, 6) is -0.424. The molecular weight excluding hydrogens is 253 g/mol. The molecule has 1 heterocycles. The second kappa shape index (κ2) is 5.05. The number of rotatable bonds is 3. The molecule has 0 saturated carbocycles. The van der Waals surface area contributed by atoms with Crippen LogP contribution in [0.1, 0.15) is 11.1 Å². The lowest BCUT2D eigenvalue weighted by Crippen LogP contribution is -2.22. The highest BCUT2D eigenvalue weighted by Gasteiger charge is 2.07. The number of benzene rings is 1. The van der Waals surface area contributed by atoms with Crippen LogP contribution in [-0.2, 0) is 6.54 Å². The summed E-state index contributed by atoms with van der Waals surface area (Å²) in [5.41, 5.74) is 6.07. The summed E-state index contributed by atoms with van der Waals surface area (Å²) in [6.45, 7) is 0.0436. The van der Waals surface area contributed by atoms with Gasteiger partial charge in [-0.25, -0.2) is 9.07 Å². The van der Waals surface area contributed by atoms with Crippen LogP contribution in [0.15, 0.2) is 41.3 Å². The zero-order chi connectivity index (χ0) is 13.1. The lowest BCUT2D eigenvalue weighted by atomic mass is 10.1. The molecule has 0 aliphatic heterocycles. The summed E-state index contributed by atoms with van der Waals surface area (Å²) in [4.78, 5) is 11.7. The standard InChI is InChI=1S/C12H10FN3OS/c13-10-4-3-8(12(14)18)6-9(10)7-16-11(17)2-1-5-15-16/h1-6H,7H2,(H2,14,18). The van der Waals surface area contributed by atoms with Gasteiger partial charge >= 0.3 is 0 Å². The Balaban J connectivity index is 2.40. The van der Waals surface area contributed by atoms with E-state index in [1.165, 1.54) is 41.2 Å². The molecule has 1 aromatic heterocycles. The van der Waals surface area contributed by atoms with E-state index in [9.17, 15) is 9.18 Å². The Kier molecular flexibility index (Phi) is 3.47. The molecule has 18 heavy (non-hydrogen) atoms. The maximum Gasteiger partial charge on any atom is 0.267 e. The molecule has 2 aromatic rings. The molecule has 0 unspecified atom stereocenters. The number of thiocarbonyl (C=S) groups is 1. The van der Waals surface area contributed by atoms with Crippen LogP contribution >= 0.6 is 12.2 Å². The second-order valence-electron chi connectivity index (χ2n) is 3.69. The lowest BCUT2D eigenvalue weighted by molar-refractivity contribution is 0.572. The minimum atomic E-state index is -0.424. The lowest BCUT2D eigenvalue weighted by Gasteiger charge is -2.07. The van der Waals surface area contributed by atoms with E-state index < -0.39 is 5.82 Å². The van der Waals surface area contributed by atoms with Crippen molar-refractivity contribution in [3.8, 4) is 0 Å². The predicted molar refractivity (Wildman–Crippen MR) is 69.9 cm³/mol. The van der Waals surface area contributed by atoms with Crippen molar-refractivity contribution in [1.82, 2.24) is 9.78 Å². The van der Waals surface area contributed by atoms with E-state index in [1.54, 1.807) is 0 Å². The molecule has 0 saturated heterocycles. The second-order valence-corrected chi connectivity index (χ2v) is 4.13. The summed E-state index contributed by atoms with van der Waals surface area (Å²) >= 11 is 4.83. The van der Waals surface area contributed by atoms with Gasteiger partial charge in [0.25, 0.3) is 5.56 Å². The highest BCUT2D eigenvalue weighted by atomic mass is 32.1. The fraction of sp³-hybridized carbons (Fsp3) is 0.0833. The number of hydrogen-bond donors (Lipinski definition) is 1. The van der Waals surface area contributed by atoms with Crippen LogP contribution < -0.4 is 11.3 Å². The number of nitrogens with two attached hydrogens (primary N) is 1. The van der Waals surface area contributed by atoms with Gasteiger partial charge in [-0.05, 0) is 24.3 Å². The average Bonchev–Trinajstić information content (AvgIpc) is 2.34. The molecule has 92 valence electrons. The normalized spacial score (nSPS) is 10.3. The topological polar surface area (TPSA) is 60.9 Å². The van der Waals surface area contributed by atoms with Gasteiger partial charge in [0.1, 0.15) is 10.8 Å². The SMILES string of the molecule is NC(=S)c1ccc(F)c(Cn2ncccc2=O)c1. The Bertz CT molecular complexity index is 654. The minimum Gasteiger partial charge on any atom is -0.389 e. The molecule has 0 spiro atoms. The third kappa shape index (κ3) is 2.60. The molecule has 4 nitrogen and oxygen atoms in total. The summed E-state index contributed by atoms with van der Waals surface area (Å²) in [7, 11) is 0. The Morgan fingerprint density at radius 1 is 1.44 bits per heavy atom. The van der Waals surface area contributed by atoms with Gasteiger partial charge in [-0.15, -0.1) is 0 Å². The van der Waals surface area contributed by atoms with Gasteiger partial charge in [-0.2, -0.15) is 5.10 Å². The summed E-state index contributed by atoms with van der Waals surface area (Å²) in [6, 6.07) is 7.20. The van der Waals surface area contributed by atoms with Crippen LogP contribution in [0.25, 0.3) is 0 Å². The van der Waals surface area contributed by atoms with E-state index in [1.807, 2.05) is 0 Å². The monoisotopic (exact) mass is 263 g/mol. The fourth-order valence-electron chi connectivity index (χ4n) is 1.52. The molecule has 0 fully saturated rings. The van der Waals surface area contributed by atoms with Gasteiger partial charge in [-0.3, -0.25) is 4.79 Å². The van der Waals surface area contributed by atoms with Gasteiger partial charge in [0.2, 0.25) is 0 Å². The van der Waals surface area contributed by atoms with E-state index in [4.69, 9.17) is 18.0 Å². The Morgan fingerprint density at radius 3 is 2.89 bits per heavy atom. The number of hydrogen-bond acceptors (Lipinski definition) is 3. The quantitative estimate of drug-likeness (QED) is 0.841. The highest BCUT2D eigenvalue weighted by molar-refractivity contribution is 7.80. The van der Waals surface area contributed by atoms with Crippen molar-refractivity contribution < 1.29 is 4.39 Å². The first-order chi connectivity index (χ1) is 8.58. The zero-order valence-electron chi connectivity index (χ0n) is 9.34. The van der Waals surface area contributed by atoms with Gasteiger partial charge in [-0.1, -0.05) is 12.2 Å². The molecule has 0 atom stereocenters. The van der Waals surface area contributed by atoms with Crippen molar-refractivity contribution in [2.45, 2.75) is 6.54 Å². The summed E-state index contributed by atoms with van der Waals surface area (Å²) < 4.78 is 14.8. The molecule has 6 heteroatoms. The first kappa shape index (κ1) is 12.4. The van der Waals surface area contributed by atoms with Crippen LogP contribution in [0.5, 0.6) is 0 Å². The molecule has 2 N–H and O–H groups in total. The molecule has 0 aliphatic carbocycles. The van der Waals surface area contributed by atoms with E-state index in [0.717, 1.165) is 0 Å². The maximum atomic E-state index is 13.6. The number of aromatic nitrogens is 2. The predicted octanol–water partition coefficient (Wildman–Crippen LogP) is 1.06. The largest absolute Gasteiger partial charge is 0.389 e. The molecule has 0 radical (unpaired) electrons. The van der Waals surface area contributed by atoms with E-state index in [2.05, 4.69) is 5.10 Å². The van der Waals surface area contributed by atoms with Crippen molar-refractivity contribution >= 4 is 17.2 Å². The van der Waals surface area contributed by atoms with Gasteiger partial charge in [0.15, 0.2) is 0 Å². The number of nitrogens with zero attached hydrogens (tertiary/aromatic N) is 2. The van der Waals surface area contributed by atoms with Gasteiger partial charge in [0, 0.05) is 23.4 Å². The third-order valence-electron chi connectivity index (χ3n) is 2.44. The van der Waals surface area contributed by atoms with E-state index >= 15 is 0 Å². The Morgan fingerprint density at radius 2 is 2.22 bits per heavy atom. The molecule has 0 aliphatic rings. The average molecular weight is 263 g/mol. The molecule has 1 aromatic carbocycles. The molecule has 0 amide bonds. The van der Waals surface area contributed by atoms with Crippen LogP contribution in [0.4, 0.5) is 4.39 Å². The van der Waals surface area contributed by atoms with Crippen molar-refractivity contribution in [3.63, 3.8) is 0 Å². The molecule has 0 bridgehead atoms. The molecule has 2 rings (SSSR count). The van der Waals surface area contributed by atoms with Crippen molar-refractivity contribution in [2.75, 3.05) is 0 Å². The zero-order valence-corrected chi connectivity index (χ0v) is 10.2. The van der Waals surface area contributed by atoms with Crippen LogP contribution in [0, 0.1) is 5.82 Å². The van der Waals surface area contributed by atoms with Crippen LogP contribution in [-0.4, -0.2) is 14.8 Å². The van der Waals surface area contributed by atoms with E-state index in [-0.39, 0.29) is 17.1 Å². The van der Waals surface area contributed by atoms with E-state index in [0.29, 0.717) is 11.1 Å². The first-order valence-electron chi connectivity index (χ1n) is 5.18.